The Morgan fingerprint density at radius 2 is 2.50 bits per heavy atom. The van der Waals surface area contributed by atoms with E-state index >= 15 is 0 Å². The summed E-state index contributed by atoms with van der Waals surface area (Å²) in [5.74, 6) is 0. The summed E-state index contributed by atoms with van der Waals surface area (Å²) in [6.45, 7) is 0.947. The Kier molecular flexibility index (Phi) is 2.11. The first-order chi connectivity index (χ1) is 4.70. The Hall–Kier alpha value is -0.770. The highest BCUT2D eigenvalue weighted by molar-refractivity contribution is 5.65. The van der Waals surface area contributed by atoms with Crippen molar-refractivity contribution >= 4 is 6.09 Å². The summed E-state index contributed by atoms with van der Waals surface area (Å²) in [6.07, 6.45) is 1.83. The van der Waals surface area contributed by atoms with Crippen LogP contribution < -0.4 is 5.73 Å². The number of ether oxygens (including phenoxy) is 1. The third-order valence-corrected chi connectivity index (χ3v) is 1.53. The van der Waals surface area contributed by atoms with Crippen LogP contribution in [0, 0.1) is 6.23 Å². The summed E-state index contributed by atoms with van der Waals surface area (Å²) in [6, 6.07) is 0. The Morgan fingerprint density at radius 1 is 1.80 bits per heavy atom. The van der Waals surface area contributed by atoms with E-state index < -0.39 is 6.09 Å². The highest BCUT2D eigenvalue weighted by Crippen LogP contribution is 2.22. The van der Waals surface area contributed by atoms with Crippen molar-refractivity contribution < 1.29 is 9.53 Å². The minimum atomic E-state index is -0.719. The molecule has 0 spiro atoms. The molecule has 0 aromatic carbocycles. The van der Waals surface area contributed by atoms with Crippen molar-refractivity contribution in [3.8, 4) is 0 Å². The molecule has 57 valence electrons. The van der Waals surface area contributed by atoms with Gasteiger partial charge in [-0.15, -0.1) is 0 Å². The van der Waals surface area contributed by atoms with Gasteiger partial charge in [-0.05, 0) is 13.5 Å². The highest BCUT2D eigenvalue weighted by Gasteiger charge is 2.25. The van der Waals surface area contributed by atoms with Crippen molar-refractivity contribution in [3.63, 3.8) is 0 Å². The molecule has 1 fully saturated rings. The predicted molar refractivity (Wildman–Crippen MR) is 35.8 cm³/mol. The molecule has 2 N–H and O–H groups in total. The molecule has 10 heavy (non-hydrogen) atoms. The maximum atomic E-state index is 10.3. The van der Waals surface area contributed by atoms with Crippen molar-refractivity contribution in [1.82, 2.24) is 4.90 Å². The van der Waals surface area contributed by atoms with Crippen molar-refractivity contribution in [2.24, 2.45) is 5.73 Å². The van der Waals surface area contributed by atoms with Crippen LogP contribution in [-0.2, 0) is 4.74 Å². The van der Waals surface area contributed by atoms with E-state index in [2.05, 4.69) is 0 Å². The lowest BCUT2D eigenvalue weighted by Gasteiger charge is -2.15. The van der Waals surface area contributed by atoms with E-state index in [1.165, 1.54) is 0 Å². The van der Waals surface area contributed by atoms with Crippen LogP contribution in [0.2, 0.25) is 0 Å². The molecule has 0 saturated carbocycles. The Labute approximate surface area is 59.9 Å². The van der Waals surface area contributed by atoms with Gasteiger partial charge in [-0.1, -0.05) is 0 Å². The van der Waals surface area contributed by atoms with E-state index in [0.717, 1.165) is 19.4 Å². The molecule has 1 aliphatic rings. The molecule has 1 saturated heterocycles. The number of primary amides is 1. The second-order valence-corrected chi connectivity index (χ2v) is 2.34. The molecular formula is C6H11N2O2. The minimum Gasteiger partial charge on any atom is -0.422 e. The molecule has 4 heteroatoms. The number of carbonyl (C=O) groups excluding carboxylic acids is 1. The SMILES string of the molecule is CN1CCC[C]1OC(N)=O. The fourth-order valence-corrected chi connectivity index (χ4v) is 1.03. The van der Waals surface area contributed by atoms with Gasteiger partial charge in [-0.25, -0.2) is 4.79 Å². The molecule has 0 aromatic heterocycles. The summed E-state index contributed by atoms with van der Waals surface area (Å²) in [5.41, 5.74) is 4.83. The first kappa shape index (κ1) is 7.34. The number of rotatable bonds is 1. The molecule has 4 nitrogen and oxygen atoms in total. The Bertz CT molecular complexity index is 138. The first-order valence-electron chi connectivity index (χ1n) is 3.24. The zero-order valence-corrected chi connectivity index (χ0v) is 5.96. The maximum Gasteiger partial charge on any atom is 0.406 e. The molecule has 0 atom stereocenters. The van der Waals surface area contributed by atoms with E-state index in [1.54, 1.807) is 0 Å². The summed E-state index contributed by atoms with van der Waals surface area (Å²) >= 11 is 0. The third-order valence-electron chi connectivity index (χ3n) is 1.53. The minimum absolute atomic E-state index is 0.688. The second kappa shape index (κ2) is 2.88. The lowest BCUT2D eigenvalue weighted by Crippen LogP contribution is -2.25. The zero-order chi connectivity index (χ0) is 7.56. The number of carbonyl (C=O) groups is 1. The van der Waals surface area contributed by atoms with E-state index in [1.807, 2.05) is 11.9 Å². The van der Waals surface area contributed by atoms with Crippen LogP contribution in [0.25, 0.3) is 0 Å². The monoisotopic (exact) mass is 143 g/mol. The van der Waals surface area contributed by atoms with Crippen molar-refractivity contribution in [2.45, 2.75) is 12.8 Å². The summed E-state index contributed by atoms with van der Waals surface area (Å²) in [5, 5.41) is 0. The van der Waals surface area contributed by atoms with Crippen molar-refractivity contribution in [3.05, 3.63) is 6.23 Å². The molecule has 1 aliphatic heterocycles. The molecule has 0 aromatic rings. The first-order valence-corrected chi connectivity index (χ1v) is 3.24. The standard InChI is InChI=1S/C6H11N2O2/c1-8-4-2-3-5(8)10-6(7)9/h2-4H2,1H3,(H2,7,9). The van der Waals surface area contributed by atoms with Crippen LogP contribution in [-0.4, -0.2) is 24.6 Å². The van der Waals surface area contributed by atoms with Crippen LogP contribution in [0.1, 0.15) is 12.8 Å². The Balaban J connectivity index is 2.33. The molecule has 1 amide bonds. The number of amides is 1. The molecule has 0 aliphatic carbocycles. The van der Waals surface area contributed by atoms with E-state index in [4.69, 9.17) is 10.5 Å². The smallest absolute Gasteiger partial charge is 0.406 e. The van der Waals surface area contributed by atoms with Gasteiger partial charge in [0.2, 0.25) is 6.23 Å². The molecule has 0 bridgehead atoms. The average molecular weight is 143 g/mol. The summed E-state index contributed by atoms with van der Waals surface area (Å²) in [7, 11) is 1.88. The van der Waals surface area contributed by atoms with Crippen LogP contribution in [0.15, 0.2) is 0 Å². The summed E-state index contributed by atoms with van der Waals surface area (Å²) < 4.78 is 4.70. The Morgan fingerprint density at radius 3 is 2.90 bits per heavy atom. The molecule has 0 unspecified atom stereocenters. The van der Waals surface area contributed by atoms with Crippen molar-refractivity contribution in [1.29, 1.82) is 0 Å². The van der Waals surface area contributed by atoms with Gasteiger partial charge in [-0.2, -0.15) is 0 Å². The number of hydrogen-bond acceptors (Lipinski definition) is 3. The van der Waals surface area contributed by atoms with Gasteiger partial charge in [0.25, 0.3) is 0 Å². The van der Waals surface area contributed by atoms with Crippen LogP contribution in [0.5, 0.6) is 0 Å². The van der Waals surface area contributed by atoms with Crippen LogP contribution in [0.4, 0.5) is 4.79 Å². The van der Waals surface area contributed by atoms with E-state index in [0.29, 0.717) is 6.23 Å². The van der Waals surface area contributed by atoms with Crippen LogP contribution in [0.3, 0.4) is 0 Å². The molecule has 1 heterocycles. The summed E-state index contributed by atoms with van der Waals surface area (Å²) in [4.78, 5) is 12.1. The highest BCUT2D eigenvalue weighted by atomic mass is 16.6. The average Bonchev–Trinajstić information content (AvgIpc) is 2.15. The van der Waals surface area contributed by atoms with E-state index in [-0.39, 0.29) is 0 Å². The number of nitrogens with two attached hydrogens (primary N) is 1. The molecule has 1 radical (unpaired) electrons. The lowest BCUT2D eigenvalue weighted by molar-refractivity contribution is 0.112. The van der Waals surface area contributed by atoms with E-state index in [9.17, 15) is 4.79 Å². The normalized spacial score (nSPS) is 21.3. The largest absolute Gasteiger partial charge is 0.422 e. The lowest BCUT2D eigenvalue weighted by atomic mass is 10.4. The van der Waals surface area contributed by atoms with Gasteiger partial charge < -0.3 is 10.5 Å². The molecule has 1 rings (SSSR count). The third kappa shape index (κ3) is 1.60. The molecular weight excluding hydrogens is 132 g/mol. The maximum absolute atomic E-state index is 10.3. The quantitative estimate of drug-likeness (QED) is 0.574. The predicted octanol–water partition coefficient (Wildman–Crippen LogP) is 0.297. The second-order valence-electron chi connectivity index (χ2n) is 2.34. The van der Waals surface area contributed by atoms with Gasteiger partial charge in [0.05, 0.1) is 0 Å². The van der Waals surface area contributed by atoms with Gasteiger partial charge in [0.1, 0.15) is 0 Å². The van der Waals surface area contributed by atoms with Gasteiger partial charge >= 0.3 is 6.09 Å². The van der Waals surface area contributed by atoms with Crippen molar-refractivity contribution in [2.75, 3.05) is 13.6 Å². The number of likely N-dealkylation sites (tertiary alicyclic amines) is 1. The van der Waals surface area contributed by atoms with Gasteiger partial charge in [0.15, 0.2) is 0 Å². The van der Waals surface area contributed by atoms with Gasteiger partial charge in [-0.3, -0.25) is 4.90 Å². The zero-order valence-electron chi connectivity index (χ0n) is 5.96. The number of nitrogens with zero attached hydrogens (tertiary/aromatic N) is 1. The van der Waals surface area contributed by atoms with Crippen LogP contribution >= 0.6 is 0 Å². The topological polar surface area (TPSA) is 55.6 Å². The fourth-order valence-electron chi connectivity index (χ4n) is 1.03. The van der Waals surface area contributed by atoms with Gasteiger partial charge in [0, 0.05) is 13.0 Å². The number of hydrogen-bond donors (Lipinski definition) is 1. The fraction of sp³-hybridized carbons (Fsp3) is 0.667.